The second-order valence-electron chi connectivity index (χ2n) is 3.62. The van der Waals surface area contributed by atoms with Crippen molar-refractivity contribution in [3.63, 3.8) is 0 Å². The molecule has 2 heterocycles. The lowest BCUT2D eigenvalue weighted by atomic mass is 10.1. The van der Waals surface area contributed by atoms with Gasteiger partial charge in [-0.25, -0.2) is 0 Å². The number of nitrogens with zero attached hydrogens (tertiary/aromatic N) is 2. The van der Waals surface area contributed by atoms with Gasteiger partial charge in [-0.2, -0.15) is 5.10 Å². The molecule has 0 radical (unpaired) electrons. The number of aryl methyl sites for hydroxylation is 1. The summed E-state index contributed by atoms with van der Waals surface area (Å²) >= 11 is 0. The van der Waals surface area contributed by atoms with E-state index in [4.69, 9.17) is 0 Å². The van der Waals surface area contributed by atoms with Crippen molar-refractivity contribution in [3.05, 3.63) is 18.0 Å². The minimum absolute atomic E-state index is 0. The fourth-order valence-corrected chi connectivity index (χ4v) is 1.84. The van der Waals surface area contributed by atoms with Gasteiger partial charge in [0.15, 0.2) is 0 Å². The van der Waals surface area contributed by atoms with Gasteiger partial charge in [0.25, 0.3) is 0 Å². The maximum absolute atomic E-state index is 4.54. The lowest BCUT2D eigenvalue weighted by Crippen LogP contribution is -2.29. The van der Waals surface area contributed by atoms with Crippen molar-refractivity contribution in [1.29, 1.82) is 0 Å². The molecule has 1 aromatic rings. The molecule has 5 heteroatoms. The Hall–Kier alpha value is -0.250. The van der Waals surface area contributed by atoms with Gasteiger partial charge in [-0.05, 0) is 38.4 Å². The van der Waals surface area contributed by atoms with Crippen LogP contribution >= 0.6 is 24.8 Å². The first-order chi connectivity index (χ1) is 6.40. The molecule has 1 aliphatic heterocycles. The van der Waals surface area contributed by atoms with Crippen molar-refractivity contribution in [1.82, 2.24) is 15.1 Å². The Morgan fingerprint density at radius 3 is 2.60 bits per heavy atom. The highest BCUT2D eigenvalue weighted by atomic mass is 35.5. The van der Waals surface area contributed by atoms with Gasteiger partial charge in [0, 0.05) is 6.20 Å². The molecule has 3 nitrogen and oxygen atoms in total. The standard InChI is InChI=1S/C10H17N3.2ClH/c1-2-9-5-8-13(12-9)10-3-6-11-7-4-10;;/h5,8,10-11H,2-4,6-7H2,1H3;2*1H. The lowest BCUT2D eigenvalue weighted by Gasteiger charge is -2.22. The van der Waals surface area contributed by atoms with E-state index in [1.807, 2.05) is 0 Å². The average molecular weight is 252 g/mol. The van der Waals surface area contributed by atoms with Crippen molar-refractivity contribution in [2.45, 2.75) is 32.2 Å². The zero-order chi connectivity index (χ0) is 9.10. The summed E-state index contributed by atoms with van der Waals surface area (Å²) in [6.07, 6.45) is 5.59. The molecule has 0 unspecified atom stereocenters. The summed E-state index contributed by atoms with van der Waals surface area (Å²) in [7, 11) is 0. The van der Waals surface area contributed by atoms with Gasteiger partial charge in [0.1, 0.15) is 0 Å². The molecule has 0 amide bonds. The first-order valence-corrected chi connectivity index (χ1v) is 5.15. The van der Waals surface area contributed by atoms with Gasteiger partial charge < -0.3 is 5.32 Å². The third kappa shape index (κ3) is 3.67. The topological polar surface area (TPSA) is 29.9 Å². The Morgan fingerprint density at radius 1 is 1.40 bits per heavy atom. The Morgan fingerprint density at radius 2 is 2.07 bits per heavy atom. The summed E-state index contributed by atoms with van der Waals surface area (Å²) in [5.74, 6) is 0. The maximum atomic E-state index is 4.54. The largest absolute Gasteiger partial charge is 0.317 e. The average Bonchev–Trinajstić information content (AvgIpc) is 2.67. The molecule has 0 saturated carbocycles. The first-order valence-electron chi connectivity index (χ1n) is 5.15. The summed E-state index contributed by atoms with van der Waals surface area (Å²) in [4.78, 5) is 0. The Labute approximate surface area is 103 Å². The SMILES string of the molecule is CCc1ccn(C2CCNCC2)n1.Cl.Cl. The molecular formula is C10H19Cl2N3. The fourth-order valence-electron chi connectivity index (χ4n) is 1.84. The number of hydrogen-bond donors (Lipinski definition) is 1. The monoisotopic (exact) mass is 251 g/mol. The van der Waals surface area contributed by atoms with Gasteiger partial charge in [-0.1, -0.05) is 6.92 Å². The second-order valence-corrected chi connectivity index (χ2v) is 3.62. The molecule has 0 aromatic carbocycles. The van der Waals surface area contributed by atoms with Crippen LogP contribution in [0.4, 0.5) is 0 Å². The zero-order valence-electron chi connectivity index (χ0n) is 8.98. The van der Waals surface area contributed by atoms with E-state index in [0.29, 0.717) is 6.04 Å². The van der Waals surface area contributed by atoms with Crippen LogP contribution in [-0.4, -0.2) is 22.9 Å². The molecule has 1 aromatic heterocycles. The minimum atomic E-state index is 0. The van der Waals surface area contributed by atoms with E-state index in [0.717, 1.165) is 19.5 Å². The van der Waals surface area contributed by atoms with Crippen LogP contribution in [0, 0.1) is 0 Å². The van der Waals surface area contributed by atoms with Crippen LogP contribution < -0.4 is 5.32 Å². The van der Waals surface area contributed by atoms with Crippen molar-refractivity contribution in [2.24, 2.45) is 0 Å². The third-order valence-corrected chi connectivity index (χ3v) is 2.71. The number of hydrogen-bond acceptors (Lipinski definition) is 2. The number of piperidine rings is 1. The van der Waals surface area contributed by atoms with Crippen LogP contribution in [0.3, 0.4) is 0 Å². The van der Waals surface area contributed by atoms with E-state index in [1.54, 1.807) is 0 Å². The van der Waals surface area contributed by atoms with E-state index in [9.17, 15) is 0 Å². The third-order valence-electron chi connectivity index (χ3n) is 2.71. The maximum Gasteiger partial charge on any atom is 0.0621 e. The summed E-state index contributed by atoms with van der Waals surface area (Å²) in [6, 6.07) is 2.75. The van der Waals surface area contributed by atoms with Crippen LogP contribution in [0.25, 0.3) is 0 Å². The molecule has 1 N–H and O–H groups in total. The van der Waals surface area contributed by atoms with Crippen LogP contribution in [0.15, 0.2) is 12.3 Å². The molecule has 2 rings (SSSR count). The van der Waals surface area contributed by atoms with Crippen molar-refractivity contribution >= 4 is 24.8 Å². The van der Waals surface area contributed by atoms with E-state index in [-0.39, 0.29) is 24.8 Å². The predicted molar refractivity (Wildman–Crippen MR) is 67.2 cm³/mol. The highest BCUT2D eigenvalue weighted by Gasteiger charge is 2.14. The molecule has 1 aliphatic rings. The van der Waals surface area contributed by atoms with Crippen molar-refractivity contribution < 1.29 is 0 Å². The first kappa shape index (κ1) is 14.8. The van der Waals surface area contributed by atoms with Crippen LogP contribution in [0.1, 0.15) is 31.5 Å². The Kier molecular flexibility index (Phi) is 6.98. The molecule has 0 spiro atoms. The van der Waals surface area contributed by atoms with E-state index in [1.165, 1.54) is 18.5 Å². The normalized spacial score (nSPS) is 16.6. The number of halogens is 2. The molecule has 0 aliphatic carbocycles. The summed E-state index contributed by atoms with van der Waals surface area (Å²) in [5.41, 5.74) is 1.21. The molecule has 88 valence electrons. The Balaban J connectivity index is 0.000000980. The zero-order valence-corrected chi connectivity index (χ0v) is 10.6. The highest BCUT2D eigenvalue weighted by Crippen LogP contribution is 2.17. The van der Waals surface area contributed by atoms with Crippen molar-refractivity contribution in [2.75, 3.05) is 13.1 Å². The predicted octanol–water partition coefficient (Wildman–Crippen LogP) is 2.21. The molecule has 15 heavy (non-hydrogen) atoms. The summed E-state index contributed by atoms with van der Waals surface area (Å²) in [5, 5.41) is 7.91. The van der Waals surface area contributed by atoms with Crippen LogP contribution in [0.2, 0.25) is 0 Å². The van der Waals surface area contributed by atoms with Crippen LogP contribution in [-0.2, 0) is 6.42 Å². The quantitative estimate of drug-likeness (QED) is 0.874. The minimum Gasteiger partial charge on any atom is -0.317 e. The van der Waals surface area contributed by atoms with Gasteiger partial charge in [0.2, 0.25) is 0 Å². The van der Waals surface area contributed by atoms with E-state index >= 15 is 0 Å². The van der Waals surface area contributed by atoms with E-state index < -0.39 is 0 Å². The molecule has 0 atom stereocenters. The van der Waals surface area contributed by atoms with Gasteiger partial charge in [-0.3, -0.25) is 4.68 Å². The summed E-state index contributed by atoms with van der Waals surface area (Å²) < 4.78 is 2.14. The van der Waals surface area contributed by atoms with E-state index in [2.05, 4.69) is 34.3 Å². The smallest absolute Gasteiger partial charge is 0.0621 e. The number of rotatable bonds is 2. The lowest BCUT2D eigenvalue weighted by molar-refractivity contribution is 0.342. The Bertz CT molecular complexity index is 269. The highest BCUT2D eigenvalue weighted by molar-refractivity contribution is 5.85. The second kappa shape index (κ2) is 7.09. The van der Waals surface area contributed by atoms with Crippen LogP contribution in [0.5, 0.6) is 0 Å². The van der Waals surface area contributed by atoms with Gasteiger partial charge >= 0.3 is 0 Å². The van der Waals surface area contributed by atoms with Crippen molar-refractivity contribution in [3.8, 4) is 0 Å². The molecular weight excluding hydrogens is 233 g/mol. The fraction of sp³-hybridized carbons (Fsp3) is 0.700. The van der Waals surface area contributed by atoms with Gasteiger partial charge in [-0.15, -0.1) is 24.8 Å². The molecule has 1 saturated heterocycles. The molecule has 1 fully saturated rings. The number of nitrogens with one attached hydrogen (secondary N) is 1. The summed E-state index contributed by atoms with van der Waals surface area (Å²) in [6.45, 7) is 4.41. The number of aromatic nitrogens is 2. The van der Waals surface area contributed by atoms with Gasteiger partial charge in [0.05, 0.1) is 11.7 Å². The molecule has 0 bridgehead atoms.